The lowest BCUT2D eigenvalue weighted by Gasteiger charge is -2.17. The fraction of sp³-hybridized carbons (Fsp3) is 0.333. The number of hydrogen-bond acceptors (Lipinski definition) is 5. The van der Waals surface area contributed by atoms with E-state index in [4.69, 9.17) is 9.47 Å². The van der Waals surface area contributed by atoms with Crippen LogP contribution in [0.3, 0.4) is 0 Å². The monoisotopic (exact) mass is 517 g/mol. The molecule has 0 bridgehead atoms. The average Bonchev–Trinajstić information content (AvgIpc) is 3.33. The summed E-state index contributed by atoms with van der Waals surface area (Å²) in [6.07, 6.45) is 5.02. The van der Waals surface area contributed by atoms with Gasteiger partial charge in [0.1, 0.15) is 5.82 Å². The lowest BCUT2D eigenvalue weighted by molar-refractivity contribution is 0.101. The molecule has 0 aliphatic carbocycles. The molecule has 0 spiro atoms. The van der Waals surface area contributed by atoms with Crippen LogP contribution in [0.15, 0.2) is 60.7 Å². The van der Waals surface area contributed by atoms with Crippen molar-refractivity contribution in [3.8, 4) is 11.5 Å². The van der Waals surface area contributed by atoms with Gasteiger partial charge in [-0.3, -0.25) is 9.59 Å². The van der Waals surface area contributed by atoms with Crippen LogP contribution in [0.25, 0.3) is 0 Å². The molecule has 0 atom stereocenters. The zero-order valence-corrected chi connectivity index (χ0v) is 21.3. The molecule has 1 saturated heterocycles. The number of amides is 2. The minimum atomic E-state index is -0.399. The molecule has 8 heteroatoms. The molecule has 2 heterocycles. The number of benzene rings is 3. The number of ether oxygens (including phenoxy) is 2. The van der Waals surface area contributed by atoms with Crippen LogP contribution in [0.5, 0.6) is 11.5 Å². The molecule has 0 unspecified atom stereocenters. The fourth-order valence-electron chi connectivity index (χ4n) is 4.79. The Morgan fingerprint density at radius 2 is 1.50 bits per heavy atom. The van der Waals surface area contributed by atoms with Crippen LogP contribution >= 0.6 is 0 Å². The molecule has 5 rings (SSSR count). The summed E-state index contributed by atoms with van der Waals surface area (Å²) in [6, 6.07) is 16.1. The van der Waals surface area contributed by atoms with Gasteiger partial charge in [0.05, 0.1) is 13.2 Å². The third-order valence-corrected chi connectivity index (χ3v) is 6.85. The molecule has 2 aliphatic rings. The van der Waals surface area contributed by atoms with Crippen molar-refractivity contribution < 1.29 is 23.5 Å². The molecule has 0 saturated carbocycles. The molecule has 198 valence electrons. The molecular formula is C30H32FN3O4. The Balaban J connectivity index is 1.32. The topological polar surface area (TPSA) is 79.9 Å². The highest BCUT2D eigenvalue weighted by Crippen LogP contribution is 2.31. The second kappa shape index (κ2) is 12.1. The van der Waals surface area contributed by atoms with E-state index < -0.39 is 5.82 Å². The van der Waals surface area contributed by atoms with Crippen LogP contribution in [-0.4, -0.2) is 49.6 Å². The summed E-state index contributed by atoms with van der Waals surface area (Å²) in [7, 11) is 0. The zero-order valence-electron chi connectivity index (χ0n) is 21.3. The summed E-state index contributed by atoms with van der Waals surface area (Å²) >= 11 is 0. The molecule has 3 aromatic rings. The van der Waals surface area contributed by atoms with E-state index in [0.29, 0.717) is 47.2 Å². The molecule has 7 nitrogen and oxygen atoms in total. The highest BCUT2D eigenvalue weighted by molar-refractivity contribution is 6.07. The summed E-state index contributed by atoms with van der Waals surface area (Å²) in [4.78, 5) is 28.4. The van der Waals surface area contributed by atoms with Crippen molar-refractivity contribution in [1.29, 1.82) is 0 Å². The number of rotatable bonds is 8. The van der Waals surface area contributed by atoms with Crippen molar-refractivity contribution in [2.75, 3.05) is 43.5 Å². The van der Waals surface area contributed by atoms with Crippen molar-refractivity contribution in [3.63, 3.8) is 0 Å². The van der Waals surface area contributed by atoms with E-state index in [1.165, 1.54) is 37.1 Å². The number of fused-ring (bicyclic) bond motifs is 1. The molecule has 2 amide bonds. The predicted molar refractivity (Wildman–Crippen MR) is 145 cm³/mol. The second-order valence-corrected chi connectivity index (χ2v) is 9.65. The van der Waals surface area contributed by atoms with Gasteiger partial charge in [-0.25, -0.2) is 4.39 Å². The number of aryl methyl sites for hydroxylation is 1. The Kier molecular flexibility index (Phi) is 8.19. The quantitative estimate of drug-likeness (QED) is 0.411. The molecule has 3 aromatic carbocycles. The number of carbonyl (C=O) groups excluding carboxylic acids is 2. The first-order valence-corrected chi connectivity index (χ1v) is 13.2. The third kappa shape index (κ3) is 6.50. The normalized spacial score (nSPS) is 15.1. The Labute approximate surface area is 221 Å². The number of halogens is 1. The summed E-state index contributed by atoms with van der Waals surface area (Å²) in [5.74, 6) is 0.151. The standard InChI is InChI=1S/C30H32FN3O4/c31-24-10-6-22(7-11-24)29(35)33-26-20-25(12-8-21(26)5-3-16-34-14-1-2-15-34)32-30(36)23-9-13-27-28(19-23)38-18-4-17-37-27/h6-13,19-20H,1-5,14-18H2,(H,32,36)(H,33,35). The molecule has 0 aromatic heterocycles. The maximum atomic E-state index is 13.3. The van der Waals surface area contributed by atoms with Gasteiger partial charge in [-0.15, -0.1) is 0 Å². The van der Waals surface area contributed by atoms with E-state index in [9.17, 15) is 14.0 Å². The van der Waals surface area contributed by atoms with Crippen LogP contribution in [0.2, 0.25) is 0 Å². The van der Waals surface area contributed by atoms with Crippen LogP contribution in [0, 0.1) is 5.82 Å². The maximum absolute atomic E-state index is 13.3. The van der Waals surface area contributed by atoms with Gasteiger partial charge in [-0.2, -0.15) is 0 Å². The highest BCUT2D eigenvalue weighted by Gasteiger charge is 2.17. The largest absolute Gasteiger partial charge is 0.490 e. The van der Waals surface area contributed by atoms with Gasteiger partial charge >= 0.3 is 0 Å². The van der Waals surface area contributed by atoms with Crippen molar-refractivity contribution in [3.05, 3.63) is 83.2 Å². The van der Waals surface area contributed by atoms with Crippen LogP contribution < -0.4 is 20.1 Å². The molecule has 1 fully saturated rings. The van der Waals surface area contributed by atoms with E-state index in [1.807, 2.05) is 12.1 Å². The Hall–Kier alpha value is -3.91. The minimum absolute atomic E-state index is 0.293. The fourth-order valence-corrected chi connectivity index (χ4v) is 4.79. The Bertz CT molecular complexity index is 1290. The number of likely N-dealkylation sites (tertiary alicyclic amines) is 1. The second-order valence-electron chi connectivity index (χ2n) is 9.65. The summed E-state index contributed by atoms with van der Waals surface area (Å²) in [5.41, 5.74) is 2.96. The van der Waals surface area contributed by atoms with Gasteiger partial charge in [-0.1, -0.05) is 6.07 Å². The number of anilines is 2. The third-order valence-electron chi connectivity index (χ3n) is 6.85. The molecular weight excluding hydrogens is 485 g/mol. The SMILES string of the molecule is O=C(Nc1ccc(CCCN2CCCC2)c(NC(=O)c2ccc(F)cc2)c1)c1ccc2c(c1)OCCCO2. The van der Waals surface area contributed by atoms with Crippen LogP contribution in [0.1, 0.15) is 52.0 Å². The van der Waals surface area contributed by atoms with E-state index >= 15 is 0 Å². The predicted octanol–water partition coefficient (Wildman–Crippen LogP) is 5.52. The van der Waals surface area contributed by atoms with Gasteiger partial charge in [0.15, 0.2) is 11.5 Å². The van der Waals surface area contributed by atoms with E-state index in [0.717, 1.165) is 44.5 Å². The van der Waals surface area contributed by atoms with Crippen LogP contribution in [-0.2, 0) is 6.42 Å². The molecule has 2 N–H and O–H groups in total. The zero-order chi connectivity index (χ0) is 26.3. The van der Waals surface area contributed by atoms with Crippen LogP contribution in [0.4, 0.5) is 15.8 Å². The number of carbonyl (C=O) groups is 2. The first-order valence-electron chi connectivity index (χ1n) is 13.2. The average molecular weight is 518 g/mol. The summed E-state index contributed by atoms with van der Waals surface area (Å²) in [6.45, 7) is 4.40. The lowest BCUT2D eigenvalue weighted by Crippen LogP contribution is -2.21. The Morgan fingerprint density at radius 1 is 0.789 bits per heavy atom. The van der Waals surface area contributed by atoms with Crippen molar-refractivity contribution in [2.24, 2.45) is 0 Å². The maximum Gasteiger partial charge on any atom is 0.255 e. The molecule has 38 heavy (non-hydrogen) atoms. The van der Waals surface area contributed by atoms with Gasteiger partial charge in [0.25, 0.3) is 11.8 Å². The number of nitrogens with zero attached hydrogens (tertiary/aromatic N) is 1. The summed E-state index contributed by atoms with van der Waals surface area (Å²) in [5, 5.41) is 5.89. The van der Waals surface area contributed by atoms with E-state index in [2.05, 4.69) is 15.5 Å². The Morgan fingerprint density at radius 3 is 2.29 bits per heavy atom. The van der Waals surface area contributed by atoms with Crippen molar-refractivity contribution in [2.45, 2.75) is 32.1 Å². The van der Waals surface area contributed by atoms with Gasteiger partial charge in [-0.05, 0) is 105 Å². The van der Waals surface area contributed by atoms with Gasteiger partial charge in [0, 0.05) is 28.9 Å². The van der Waals surface area contributed by atoms with Crippen molar-refractivity contribution in [1.82, 2.24) is 4.90 Å². The molecule has 0 radical (unpaired) electrons. The van der Waals surface area contributed by atoms with E-state index in [-0.39, 0.29) is 11.8 Å². The lowest BCUT2D eigenvalue weighted by atomic mass is 10.1. The van der Waals surface area contributed by atoms with Gasteiger partial charge in [0.2, 0.25) is 0 Å². The smallest absolute Gasteiger partial charge is 0.255 e. The number of nitrogens with one attached hydrogen (secondary N) is 2. The minimum Gasteiger partial charge on any atom is -0.490 e. The summed E-state index contributed by atoms with van der Waals surface area (Å²) < 4.78 is 24.7. The number of hydrogen-bond donors (Lipinski definition) is 2. The first-order chi connectivity index (χ1) is 18.5. The molecule has 2 aliphatic heterocycles. The van der Waals surface area contributed by atoms with E-state index in [1.54, 1.807) is 24.3 Å². The highest BCUT2D eigenvalue weighted by atomic mass is 19.1. The van der Waals surface area contributed by atoms with Crippen molar-refractivity contribution >= 4 is 23.2 Å². The van der Waals surface area contributed by atoms with Gasteiger partial charge < -0.3 is 25.0 Å². The first kappa shape index (κ1) is 25.7.